The summed E-state index contributed by atoms with van der Waals surface area (Å²) >= 11 is 0. The number of hydrogen-bond acceptors (Lipinski definition) is 3. The highest BCUT2D eigenvalue weighted by Gasteiger charge is 2.02. The number of pyridine rings is 1. The largest absolute Gasteiger partial charge is 0.457 e. The number of rotatable bonds is 4. The third-order valence-corrected chi connectivity index (χ3v) is 2.65. The lowest BCUT2D eigenvalue weighted by Gasteiger charge is -2.08. The van der Waals surface area contributed by atoms with E-state index >= 15 is 0 Å². The van der Waals surface area contributed by atoms with E-state index in [0.29, 0.717) is 11.6 Å². The Balaban J connectivity index is 1.76. The van der Waals surface area contributed by atoms with Crippen LogP contribution in [0.4, 0.5) is 0 Å². The van der Waals surface area contributed by atoms with Gasteiger partial charge in [0.1, 0.15) is 17.2 Å². The van der Waals surface area contributed by atoms with Gasteiger partial charge in [0.2, 0.25) is 5.88 Å². The lowest BCUT2D eigenvalue weighted by molar-refractivity contribution is 0.446. The van der Waals surface area contributed by atoms with Crippen molar-refractivity contribution in [3.63, 3.8) is 0 Å². The molecule has 1 heterocycles. The fraction of sp³-hybridized carbons (Fsp3) is 0. The molecule has 0 aliphatic rings. The van der Waals surface area contributed by atoms with Gasteiger partial charge in [0, 0.05) is 12.3 Å². The summed E-state index contributed by atoms with van der Waals surface area (Å²) in [4.78, 5) is 4.17. The summed E-state index contributed by atoms with van der Waals surface area (Å²) in [6.45, 7) is 0. The molecule has 0 bridgehead atoms. The van der Waals surface area contributed by atoms with Crippen molar-refractivity contribution >= 4 is 0 Å². The zero-order valence-corrected chi connectivity index (χ0v) is 10.8. The van der Waals surface area contributed by atoms with E-state index in [0.717, 1.165) is 11.5 Å². The fourth-order valence-corrected chi connectivity index (χ4v) is 1.74. The molecule has 0 N–H and O–H groups in total. The second kappa shape index (κ2) is 5.89. The molecule has 0 spiro atoms. The van der Waals surface area contributed by atoms with E-state index in [4.69, 9.17) is 9.47 Å². The molecule has 0 atom stereocenters. The van der Waals surface area contributed by atoms with Crippen LogP contribution in [0.1, 0.15) is 0 Å². The number of nitrogens with zero attached hydrogens (tertiary/aromatic N) is 1. The monoisotopic (exact) mass is 263 g/mol. The van der Waals surface area contributed by atoms with Gasteiger partial charge in [-0.25, -0.2) is 4.98 Å². The minimum absolute atomic E-state index is 0.504. The molecule has 20 heavy (non-hydrogen) atoms. The Kier molecular flexibility index (Phi) is 3.60. The van der Waals surface area contributed by atoms with Gasteiger partial charge in [-0.3, -0.25) is 0 Å². The molecule has 0 unspecified atom stereocenters. The Morgan fingerprint density at radius 2 is 1.20 bits per heavy atom. The fourth-order valence-electron chi connectivity index (χ4n) is 1.74. The van der Waals surface area contributed by atoms with Gasteiger partial charge < -0.3 is 9.47 Å². The molecule has 3 heteroatoms. The quantitative estimate of drug-likeness (QED) is 0.685. The van der Waals surface area contributed by atoms with Gasteiger partial charge in [-0.1, -0.05) is 36.4 Å². The molecule has 0 saturated carbocycles. The molecular formula is C17H13NO2. The summed E-state index contributed by atoms with van der Waals surface area (Å²) < 4.78 is 11.4. The normalized spacial score (nSPS) is 10.0. The van der Waals surface area contributed by atoms with Crippen LogP contribution in [0.3, 0.4) is 0 Å². The van der Waals surface area contributed by atoms with Crippen LogP contribution in [0.15, 0.2) is 79.0 Å². The van der Waals surface area contributed by atoms with Gasteiger partial charge in [-0.2, -0.15) is 0 Å². The van der Waals surface area contributed by atoms with Crippen LogP contribution in [0, 0.1) is 0 Å². The van der Waals surface area contributed by atoms with E-state index in [2.05, 4.69) is 4.98 Å². The topological polar surface area (TPSA) is 31.4 Å². The van der Waals surface area contributed by atoms with Gasteiger partial charge in [0.25, 0.3) is 0 Å². The van der Waals surface area contributed by atoms with E-state index in [-0.39, 0.29) is 0 Å². The van der Waals surface area contributed by atoms with Gasteiger partial charge in [-0.05, 0) is 30.3 Å². The molecule has 3 aromatic rings. The maximum absolute atomic E-state index is 5.74. The van der Waals surface area contributed by atoms with Crippen molar-refractivity contribution in [3.8, 4) is 23.1 Å². The number of benzene rings is 2. The van der Waals surface area contributed by atoms with Crippen molar-refractivity contribution < 1.29 is 9.47 Å². The molecular weight excluding hydrogens is 250 g/mol. The summed E-state index contributed by atoms with van der Waals surface area (Å²) in [5, 5.41) is 0. The molecule has 0 amide bonds. The average molecular weight is 263 g/mol. The van der Waals surface area contributed by atoms with Crippen LogP contribution in [0.25, 0.3) is 0 Å². The van der Waals surface area contributed by atoms with Crippen molar-refractivity contribution in [3.05, 3.63) is 79.0 Å². The minimum atomic E-state index is 0.504. The summed E-state index contributed by atoms with van der Waals surface area (Å²) in [6.07, 6.45) is 1.66. The van der Waals surface area contributed by atoms with E-state index < -0.39 is 0 Å². The molecule has 0 radical (unpaired) electrons. The molecule has 3 nitrogen and oxygen atoms in total. The van der Waals surface area contributed by atoms with E-state index in [1.807, 2.05) is 60.7 Å². The molecule has 3 rings (SSSR count). The van der Waals surface area contributed by atoms with E-state index in [1.165, 1.54) is 0 Å². The van der Waals surface area contributed by atoms with Crippen LogP contribution < -0.4 is 9.47 Å². The number of ether oxygens (including phenoxy) is 2. The third kappa shape index (κ3) is 3.14. The Labute approximate surface area is 117 Å². The lowest BCUT2D eigenvalue weighted by atomic mass is 10.3. The third-order valence-electron chi connectivity index (χ3n) is 2.65. The number of hydrogen-bond donors (Lipinski definition) is 0. The first kappa shape index (κ1) is 12.2. The first-order valence-corrected chi connectivity index (χ1v) is 6.32. The Hall–Kier alpha value is -2.81. The van der Waals surface area contributed by atoms with Crippen molar-refractivity contribution in [2.45, 2.75) is 0 Å². The highest BCUT2D eigenvalue weighted by molar-refractivity contribution is 5.34. The molecule has 0 aliphatic heterocycles. The van der Waals surface area contributed by atoms with Gasteiger partial charge in [0.05, 0.1) is 0 Å². The molecule has 2 aromatic carbocycles. The number of para-hydroxylation sites is 2. The first-order valence-electron chi connectivity index (χ1n) is 6.32. The van der Waals surface area contributed by atoms with Crippen LogP contribution in [-0.4, -0.2) is 4.98 Å². The van der Waals surface area contributed by atoms with Crippen LogP contribution in [0.2, 0.25) is 0 Å². The smallest absolute Gasteiger partial charge is 0.222 e. The van der Waals surface area contributed by atoms with Crippen molar-refractivity contribution in [1.29, 1.82) is 0 Å². The average Bonchev–Trinajstić information content (AvgIpc) is 2.50. The van der Waals surface area contributed by atoms with Crippen LogP contribution in [-0.2, 0) is 0 Å². The van der Waals surface area contributed by atoms with Gasteiger partial charge >= 0.3 is 0 Å². The van der Waals surface area contributed by atoms with Gasteiger partial charge in [0.15, 0.2) is 0 Å². The van der Waals surface area contributed by atoms with Gasteiger partial charge in [-0.15, -0.1) is 0 Å². The molecule has 98 valence electrons. The molecule has 0 fully saturated rings. The van der Waals surface area contributed by atoms with Crippen molar-refractivity contribution in [2.24, 2.45) is 0 Å². The van der Waals surface area contributed by atoms with Crippen LogP contribution in [0.5, 0.6) is 23.1 Å². The second-order valence-electron chi connectivity index (χ2n) is 4.16. The van der Waals surface area contributed by atoms with Crippen LogP contribution >= 0.6 is 0 Å². The summed E-state index contributed by atoms with van der Waals surface area (Å²) in [6, 6.07) is 22.7. The first-order chi connectivity index (χ1) is 9.90. The number of aromatic nitrogens is 1. The Bertz CT molecular complexity index is 612. The highest BCUT2D eigenvalue weighted by Crippen LogP contribution is 2.26. The minimum Gasteiger partial charge on any atom is -0.457 e. The molecule has 0 aliphatic carbocycles. The van der Waals surface area contributed by atoms with E-state index in [9.17, 15) is 0 Å². The summed E-state index contributed by atoms with van der Waals surface area (Å²) in [5.74, 6) is 2.72. The maximum atomic E-state index is 5.74. The van der Waals surface area contributed by atoms with E-state index in [1.54, 1.807) is 18.3 Å². The standard InChI is InChI=1S/C17H13NO2/c1-3-7-14(8-4-1)19-16-11-12-18-17(13-16)20-15-9-5-2-6-10-15/h1-13H. The predicted molar refractivity (Wildman–Crippen MR) is 77.3 cm³/mol. The Morgan fingerprint density at radius 3 is 1.85 bits per heavy atom. The Morgan fingerprint density at radius 1 is 0.600 bits per heavy atom. The lowest BCUT2D eigenvalue weighted by Crippen LogP contribution is -1.89. The summed E-state index contributed by atoms with van der Waals surface area (Å²) in [7, 11) is 0. The SMILES string of the molecule is c1ccc(Oc2ccnc(Oc3ccccc3)c2)cc1. The highest BCUT2D eigenvalue weighted by atomic mass is 16.5. The molecule has 1 aromatic heterocycles. The predicted octanol–water partition coefficient (Wildman–Crippen LogP) is 4.67. The zero-order valence-electron chi connectivity index (χ0n) is 10.8. The summed E-state index contributed by atoms with van der Waals surface area (Å²) in [5.41, 5.74) is 0. The maximum Gasteiger partial charge on any atom is 0.222 e. The second-order valence-corrected chi connectivity index (χ2v) is 4.16. The van der Waals surface area contributed by atoms with Crippen molar-refractivity contribution in [2.75, 3.05) is 0 Å². The zero-order chi connectivity index (χ0) is 13.6. The molecule has 0 saturated heterocycles. The van der Waals surface area contributed by atoms with Crippen molar-refractivity contribution in [1.82, 2.24) is 4.98 Å².